The van der Waals surface area contributed by atoms with Crippen LogP contribution in [0.3, 0.4) is 0 Å². The quantitative estimate of drug-likeness (QED) is 0.553. The molecule has 1 rings (SSSR count). The van der Waals surface area contributed by atoms with Crippen molar-refractivity contribution in [2.75, 3.05) is 33.4 Å². The normalized spacial score (nSPS) is 22.0. The minimum absolute atomic E-state index is 0.882. The predicted molar refractivity (Wildman–Crippen MR) is 37.5 cm³/mol. The van der Waals surface area contributed by atoms with Crippen molar-refractivity contribution < 1.29 is 4.74 Å². The first-order valence-electron chi connectivity index (χ1n) is 3.54. The number of likely N-dealkylation sites (tertiary alicyclic amines) is 1. The molecule has 0 atom stereocenters. The summed E-state index contributed by atoms with van der Waals surface area (Å²) in [6.07, 6.45) is 0. The van der Waals surface area contributed by atoms with Crippen molar-refractivity contribution in [3.63, 3.8) is 0 Å². The van der Waals surface area contributed by atoms with Crippen LogP contribution in [0.5, 0.6) is 0 Å². The smallest absolute Gasteiger partial charge is 0.0589 e. The van der Waals surface area contributed by atoms with Gasteiger partial charge in [-0.25, -0.2) is 0 Å². The molecule has 1 fully saturated rings. The SMILES string of the molecule is COCCN1CC(C)C1. The second-order valence-electron chi connectivity index (χ2n) is 2.86. The van der Waals surface area contributed by atoms with E-state index < -0.39 is 0 Å². The monoisotopic (exact) mass is 129 g/mol. The van der Waals surface area contributed by atoms with E-state index in [-0.39, 0.29) is 0 Å². The van der Waals surface area contributed by atoms with E-state index in [4.69, 9.17) is 4.74 Å². The molecule has 0 N–H and O–H groups in total. The summed E-state index contributed by atoms with van der Waals surface area (Å²) in [4.78, 5) is 2.41. The number of hydrogen-bond donors (Lipinski definition) is 0. The first-order valence-corrected chi connectivity index (χ1v) is 3.54. The summed E-state index contributed by atoms with van der Waals surface area (Å²) >= 11 is 0. The van der Waals surface area contributed by atoms with Gasteiger partial charge in [0.25, 0.3) is 0 Å². The lowest BCUT2D eigenvalue weighted by Gasteiger charge is -2.36. The predicted octanol–water partition coefficient (Wildman–Crippen LogP) is 0.585. The zero-order valence-corrected chi connectivity index (χ0v) is 6.26. The van der Waals surface area contributed by atoms with Crippen molar-refractivity contribution in [1.82, 2.24) is 4.90 Å². The summed E-state index contributed by atoms with van der Waals surface area (Å²) in [5.41, 5.74) is 0. The molecule has 9 heavy (non-hydrogen) atoms. The van der Waals surface area contributed by atoms with E-state index in [2.05, 4.69) is 11.8 Å². The van der Waals surface area contributed by atoms with Crippen LogP contribution in [0.25, 0.3) is 0 Å². The Morgan fingerprint density at radius 1 is 1.56 bits per heavy atom. The van der Waals surface area contributed by atoms with E-state index in [1.165, 1.54) is 13.1 Å². The van der Waals surface area contributed by atoms with Gasteiger partial charge in [-0.15, -0.1) is 0 Å². The third-order valence-corrected chi connectivity index (χ3v) is 1.75. The van der Waals surface area contributed by atoms with E-state index in [1.807, 2.05) is 0 Å². The van der Waals surface area contributed by atoms with Gasteiger partial charge in [0.15, 0.2) is 0 Å². The maximum absolute atomic E-state index is 4.94. The highest BCUT2D eigenvalue weighted by Crippen LogP contribution is 2.12. The molecule has 0 unspecified atom stereocenters. The standard InChI is InChI=1S/C7H15NO/c1-7-5-8(6-7)3-4-9-2/h7H,3-6H2,1-2H3. The molecule has 0 amide bonds. The average Bonchev–Trinajstić information content (AvgIpc) is 1.78. The maximum atomic E-state index is 4.94. The fourth-order valence-electron chi connectivity index (χ4n) is 1.23. The second-order valence-corrected chi connectivity index (χ2v) is 2.86. The van der Waals surface area contributed by atoms with Crippen LogP contribution < -0.4 is 0 Å². The van der Waals surface area contributed by atoms with Gasteiger partial charge in [-0.3, -0.25) is 0 Å². The van der Waals surface area contributed by atoms with Gasteiger partial charge in [0.1, 0.15) is 0 Å². The molecule has 2 nitrogen and oxygen atoms in total. The molecule has 0 aromatic carbocycles. The second kappa shape index (κ2) is 3.18. The Morgan fingerprint density at radius 3 is 2.67 bits per heavy atom. The third-order valence-electron chi connectivity index (χ3n) is 1.75. The number of rotatable bonds is 3. The fraction of sp³-hybridized carbons (Fsp3) is 1.00. The molecule has 1 aliphatic rings. The van der Waals surface area contributed by atoms with Gasteiger partial charge in [-0.2, -0.15) is 0 Å². The Hall–Kier alpha value is -0.0800. The van der Waals surface area contributed by atoms with Crippen molar-refractivity contribution in [3.05, 3.63) is 0 Å². The Labute approximate surface area is 56.8 Å². The van der Waals surface area contributed by atoms with Gasteiger partial charge in [0, 0.05) is 26.7 Å². The van der Waals surface area contributed by atoms with Crippen LogP contribution in [0.2, 0.25) is 0 Å². The van der Waals surface area contributed by atoms with Crippen LogP contribution in [0.4, 0.5) is 0 Å². The number of hydrogen-bond acceptors (Lipinski definition) is 2. The molecule has 0 aromatic heterocycles. The van der Waals surface area contributed by atoms with Crippen molar-refractivity contribution in [2.45, 2.75) is 6.92 Å². The van der Waals surface area contributed by atoms with Gasteiger partial charge in [0.05, 0.1) is 6.61 Å². The van der Waals surface area contributed by atoms with Crippen molar-refractivity contribution in [1.29, 1.82) is 0 Å². The van der Waals surface area contributed by atoms with Crippen molar-refractivity contribution in [3.8, 4) is 0 Å². The maximum Gasteiger partial charge on any atom is 0.0589 e. The van der Waals surface area contributed by atoms with E-state index in [0.717, 1.165) is 19.1 Å². The molecule has 1 heterocycles. The highest BCUT2D eigenvalue weighted by atomic mass is 16.5. The summed E-state index contributed by atoms with van der Waals surface area (Å²) in [6, 6.07) is 0. The van der Waals surface area contributed by atoms with Crippen LogP contribution in [-0.4, -0.2) is 38.3 Å². The van der Waals surface area contributed by atoms with Gasteiger partial charge in [-0.1, -0.05) is 6.92 Å². The summed E-state index contributed by atoms with van der Waals surface area (Å²) in [5.74, 6) is 0.918. The van der Waals surface area contributed by atoms with Crippen LogP contribution in [0.1, 0.15) is 6.92 Å². The lowest BCUT2D eigenvalue weighted by molar-refractivity contribution is 0.0728. The molecule has 0 spiro atoms. The summed E-state index contributed by atoms with van der Waals surface area (Å²) in [6.45, 7) is 6.81. The van der Waals surface area contributed by atoms with Crippen molar-refractivity contribution in [2.24, 2.45) is 5.92 Å². The fourth-order valence-corrected chi connectivity index (χ4v) is 1.23. The van der Waals surface area contributed by atoms with Gasteiger partial charge >= 0.3 is 0 Å². The molecule has 0 saturated carbocycles. The van der Waals surface area contributed by atoms with E-state index in [9.17, 15) is 0 Å². The molecule has 1 saturated heterocycles. The molecule has 1 aliphatic heterocycles. The highest BCUT2D eigenvalue weighted by Gasteiger charge is 2.20. The van der Waals surface area contributed by atoms with E-state index >= 15 is 0 Å². The first-order chi connectivity index (χ1) is 4.33. The Kier molecular flexibility index (Phi) is 2.49. The van der Waals surface area contributed by atoms with Crippen LogP contribution >= 0.6 is 0 Å². The molecule has 0 aliphatic carbocycles. The van der Waals surface area contributed by atoms with Crippen LogP contribution in [0.15, 0.2) is 0 Å². The average molecular weight is 129 g/mol. The minimum Gasteiger partial charge on any atom is -0.383 e. The molecule has 0 aromatic rings. The number of ether oxygens (including phenoxy) is 1. The summed E-state index contributed by atoms with van der Waals surface area (Å²) < 4.78 is 4.94. The third kappa shape index (κ3) is 1.95. The van der Waals surface area contributed by atoms with Gasteiger partial charge in [0.2, 0.25) is 0 Å². The Morgan fingerprint density at radius 2 is 2.22 bits per heavy atom. The Bertz CT molecular complexity index is 79.0. The zero-order valence-electron chi connectivity index (χ0n) is 6.26. The summed E-state index contributed by atoms with van der Waals surface area (Å²) in [5, 5.41) is 0. The van der Waals surface area contributed by atoms with Crippen molar-refractivity contribution >= 4 is 0 Å². The molecule has 2 heteroatoms. The van der Waals surface area contributed by atoms with Gasteiger partial charge in [-0.05, 0) is 5.92 Å². The lowest BCUT2D eigenvalue weighted by Crippen LogP contribution is -2.46. The Balaban J connectivity index is 1.91. The molecular weight excluding hydrogens is 114 g/mol. The topological polar surface area (TPSA) is 12.5 Å². The lowest BCUT2D eigenvalue weighted by atomic mass is 10.0. The molecular formula is C7H15NO. The molecule has 0 radical (unpaired) electrons. The summed E-state index contributed by atoms with van der Waals surface area (Å²) in [7, 11) is 1.75. The molecule has 0 bridgehead atoms. The minimum atomic E-state index is 0.882. The van der Waals surface area contributed by atoms with Crippen LogP contribution in [0, 0.1) is 5.92 Å². The van der Waals surface area contributed by atoms with Crippen LogP contribution in [-0.2, 0) is 4.74 Å². The number of methoxy groups -OCH3 is 1. The largest absolute Gasteiger partial charge is 0.383 e. The van der Waals surface area contributed by atoms with Gasteiger partial charge < -0.3 is 9.64 Å². The molecule has 54 valence electrons. The van der Waals surface area contributed by atoms with E-state index in [1.54, 1.807) is 7.11 Å². The first kappa shape index (κ1) is 7.03. The zero-order chi connectivity index (χ0) is 6.69. The van der Waals surface area contributed by atoms with E-state index in [0.29, 0.717) is 0 Å². The highest BCUT2D eigenvalue weighted by molar-refractivity contribution is 4.75. The number of nitrogens with zero attached hydrogens (tertiary/aromatic N) is 1.